The molecule has 2 atom stereocenters. The van der Waals surface area contributed by atoms with Crippen LogP contribution in [0.4, 0.5) is 4.39 Å². The van der Waals surface area contributed by atoms with E-state index in [0.29, 0.717) is 12.1 Å². The van der Waals surface area contributed by atoms with Crippen molar-refractivity contribution >= 4 is 11.6 Å². The molecule has 2 aromatic carbocycles. The predicted octanol–water partition coefficient (Wildman–Crippen LogP) is 4.69. The molecule has 110 valence electrons. The third-order valence-corrected chi connectivity index (χ3v) is 4.33. The second kappa shape index (κ2) is 6.17. The molecule has 0 amide bonds. The molecule has 0 aliphatic heterocycles. The van der Waals surface area contributed by atoms with Crippen LogP contribution in [0.25, 0.3) is 0 Å². The fourth-order valence-electron chi connectivity index (χ4n) is 3.18. The topological polar surface area (TPSA) is 12.0 Å². The summed E-state index contributed by atoms with van der Waals surface area (Å²) in [5, 5.41) is 4.44. The Hall–Kier alpha value is -1.38. The van der Waals surface area contributed by atoms with Crippen LogP contribution in [-0.2, 0) is 12.8 Å². The van der Waals surface area contributed by atoms with Gasteiger partial charge in [0.1, 0.15) is 5.82 Å². The minimum Gasteiger partial charge on any atom is -0.307 e. The molecular weight excluding hydrogens is 285 g/mol. The third kappa shape index (κ3) is 3.45. The highest BCUT2D eigenvalue weighted by Crippen LogP contribution is 2.32. The Kier molecular flexibility index (Phi) is 4.27. The Morgan fingerprint density at radius 3 is 2.95 bits per heavy atom. The maximum Gasteiger partial charge on any atom is 0.123 e. The van der Waals surface area contributed by atoms with Gasteiger partial charge in [0, 0.05) is 17.1 Å². The van der Waals surface area contributed by atoms with Gasteiger partial charge in [0.25, 0.3) is 0 Å². The Morgan fingerprint density at radius 1 is 1.29 bits per heavy atom. The van der Waals surface area contributed by atoms with E-state index < -0.39 is 0 Å². The highest BCUT2D eigenvalue weighted by Gasteiger charge is 2.23. The third-order valence-electron chi connectivity index (χ3n) is 4.10. The van der Waals surface area contributed by atoms with Gasteiger partial charge in [-0.05, 0) is 67.1 Å². The zero-order valence-electron chi connectivity index (χ0n) is 12.1. The maximum atomic E-state index is 13.2. The summed E-state index contributed by atoms with van der Waals surface area (Å²) >= 11 is 6.02. The summed E-state index contributed by atoms with van der Waals surface area (Å²) < 4.78 is 13.2. The van der Waals surface area contributed by atoms with Gasteiger partial charge in [0.05, 0.1) is 0 Å². The van der Waals surface area contributed by atoms with Gasteiger partial charge in [-0.25, -0.2) is 4.39 Å². The van der Waals surface area contributed by atoms with Gasteiger partial charge in [-0.3, -0.25) is 0 Å². The first kappa shape index (κ1) is 14.6. The molecule has 21 heavy (non-hydrogen) atoms. The van der Waals surface area contributed by atoms with Crippen LogP contribution in [0.5, 0.6) is 0 Å². The van der Waals surface area contributed by atoms with E-state index in [0.717, 1.165) is 29.8 Å². The van der Waals surface area contributed by atoms with Crippen LogP contribution in [0.2, 0.25) is 5.02 Å². The lowest BCUT2D eigenvalue weighted by molar-refractivity contribution is 0.451. The van der Waals surface area contributed by atoms with E-state index in [4.69, 9.17) is 11.6 Å². The van der Waals surface area contributed by atoms with Gasteiger partial charge < -0.3 is 5.32 Å². The van der Waals surface area contributed by atoms with E-state index in [1.54, 1.807) is 12.1 Å². The second-order valence-corrected chi connectivity index (χ2v) is 6.27. The number of hydrogen-bond acceptors (Lipinski definition) is 1. The number of hydrogen-bond donors (Lipinski definition) is 1. The molecule has 3 rings (SSSR count). The van der Waals surface area contributed by atoms with Crippen LogP contribution in [0, 0.1) is 5.82 Å². The van der Waals surface area contributed by atoms with Gasteiger partial charge in [-0.1, -0.05) is 29.8 Å². The summed E-state index contributed by atoms with van der Waals surface area (Å²) in [5.41, 5.74) is 3.62. The molecule has 0 fully saturated rings. The van der Waals surface area contributed by atoms with Crippen molar-refractivity contribution in [3.63, 3.8) is 0 Å². The first-order valence-electron chi connectivity index (χ1n) is 7.40. The monoisotopic (exact) mass is 303 g/mol. The van der Waals surface area contributed by atoms with Gasteiger partial charge in [0.2, 0.25) is 0 Å². The van der Waals surface area contributed by atoms with Crippen LogP contribution in [0.1, 0.15) is 36.1 Å². The summed E-state index contributed by atoms with van der Waals surface area (Å²) in [7, 11) is 0. The Labute approximate surface area is 130 Å². The normalized spacial score (nSPS) is 18.5. The lowest BCUT2D eigenvalue weighted by Gasteiger charge is -2.20. The van der Waals surface area contributed by atoms with Crippen molar-refractivity contribution in [2.75, 3.05) is 0 Å². The van der Waals surface area contributed by atoms with Crippen molar-refractivity contribution in [2.45, 2.75) is 38.3 Å². The minimum absolute atomic E-state index is 0.138. The van der Waals surface area contributed by atoms with Crippen LogP contribution in [0.3, 0.4) is 0 Å². The van der Waals surface area contributed by atoms with E-state index in [2.05, 4.69) is 18.3 Å². The fraction of sp³-hybridized carbons (Fsp3) is 0.333. The van der Waals surface area contributed by atoms with Gasteiger partial charge in [-0.2, -0.15) is 0 Å². The lowest BCUT2D eigenvalue weighted by atomic mass is 10.0. The quantitative estimate of drug-likeness (QED) is 0.864. The fourth-order valence-corrected chi connectivity index (χ4v) is 3.39. The molecule has 1 nitrogen and oxygen atoms in total. The summed E-state index contributed by atoms with van der Waals surface area (Å²) in [5.74, 6) is -0.138. The summed E-state index contributed by atoms with van der Waals surface area (Å²) in [6.45, 7) is 2.18. The van der Waals surface area contributed by atoms with Crippen molar-refractivity contribution in [3.05, 3.63) is 70.0 Å². The zero-order chi connectivity index (χ0) is 14.8. The zero-order valence-corrected chi connectivity index (χ0v) is 12.8. The van der Waals surface area contributed by atoms with Crippen molar-refractivity contribution in [1.29, 1.82) is 0 Å². The van der Waals surface area contributed by atoms with Crippen LogP contribution in [-0.4, -0.2) is 6.04 Å². The van der Waals surface area contributed by atoms with Crippen molar-refractivity contribution in [2.24, 2.45) is 0 Å². The molecule has 1 N–H and O–H groups in total. The summed E-state index contributed by atoms with van der Waals surface area (Å²) in [6.07, 6.45) is 2.93. The molecule has 0 bridgehead atoms. The van der Waals surface area contributed by atoms with E-state index in [1.807, 2.05) is 24.3 Å². The first-order chi connectivity index (χ1) is 10.1. The summed E-state index contributed by atoms with van der Waals surface area (Å²) in [6, 6.07) is 13.8. The molecule has 1 aliphatic carbocycles. The Morgan fingerprint density at radius 2 is 2.14 bits per heavy atom. The highest BCUT2D eigenvalue weighted by molar-refractivity contribution is 6.30. The molecule has 3 heteroatoms. The van der Waals surface area contributed by atoms with E-state index in [1.165, 1.54) is 11.1 Å². The van der Waals surface area contributed by atoms with E-state index >= 15 is 0 Å². The standard InChI is InChI=1S/C18H19ClFN/c1-12(9-13-3-2-4-15(19)10-13)21-18-8-5-14-11-16(20)6-7-17(14)18/h2-4,6-7,10-12,18,21H,5,8-9H2,1H3. The number of aryl methyl sites for hydroxylation is 1. The van der Waals surface area contributed by atoms with E-state index in [-0.39, 0.29) is 5.82 Å². The largest absolute Gasteiger partial charge is 0.307 e. The molecule has 1 aliphatic rings. The number of rotatable bonds is 4. The van der Waals surface area contributed by atoms with Gasteiger partial charge in [0.15, 0.2) is 0 Å². The Balaban J connectivity index is 1.65. The Bertz CT molecular complexity index is 641. The van der Waals surface area contributed by atoms with Crippen LogP contribution < -0.4 is 5.32 Å². The lowest BCUT2D eigenvalue weighted by Crippen LogP contribution is -2.31. The number of halogens is 2. The molecule has 0 radical (unpaired) electrons. The molecule has 0 heterocycles. The number of fused-ring (bicyclic) bond motifs is 1. The highest BCUT2D eigenvalue weighted by atomic mass is 35.5. The maximum absolute atomic E-state index is 13.2. The molecule has 0 saturated carbocycles. The smallest absolute Gasteiger partial charge is 0.123 e. The van der Waals surface area contributed by atoms with Crippen LogP contribution >= 0.6 is 11.6 Å². The van der Waals surface area contributed by atoms with Crippen molar-refractivity contribution in [1.82, 2.24) is 5.32 Å². The molecule has 0 aromatic heterocycles. The van der Waals surface area contributed by atoms with Crippen LogP contribution in [0.15, 0.2) is 42.5 Å². The van der Waals surface area contributed by atoms with Crippen molar-refractivity contribution < 1.29 is 4.39 Å². The van der Waals surface area contributed by atoms with E-state index in [9.17, 15) is 4.39 Å². The second-order valence-electron chi connectivity index (χ2n) is 5.84. The molecule has 0 saturated heterocycles. The average Bonchev–Trinajstić information content (AvgIpc) is 2.81. The average molecular weight is 304 g/mol. The minimum atomic E-state index is -0.138. The number of benzene rings is 2. The van der Waals surface area contributed by atoms with Crippen molar-refractivity contribution in [3.8, 4) is 0 Å². The first-order valence-corrected chi connectivity index (χ1v) is 7.78. The molecular formula is C18H19ClFN. The molecule has 0 spiro atoms. The molecule has 2 unspecified atom stereocenters. The predicted molar refractivity (Wildman–Crippen MR) is 85.2 cm³/mol. The summed E-state index contributed by atoms with van der Waals surface area (Å²) in [4.78, 5) is 0. The van der Waals surface area contributed by atoms with Gasteiger partial charge >= 0.3 is 0 Å². The van der Waals surface area contributed by atoms with Gasteiger partial charge in [-0.15, -0.1) is 0 Å². The SMILES string of the molecule is CC(Cc1cccc(Cl)c1)NC1CCc2cc(F)ccc21. The number of nitrogens with one attached hydrogen (secondary N) is 1. The molecule has 2 aromatic rings.